The number of likely N-dealkylation sites (N-methyl/N-ethyl adjacent to an activating group) is 1. The van der Waals surface area contributed by atoms with Crippen LogP contribution < -0.4 is 0 Å². The number of hydrogen-bond acceptors (Lipinski definition) is 3. The van der Waals surface area contributed by atoms with Gasteiger partial charge in [0, 0.05) is 18.4 Å². The van der Waals surface area contributed by atoms with E-state index in [9.17, 15) is 4.79 Å². The highest BCUT2D eigenvalue weighted by molar-refractivity contribution is 5.89. The van der Waals surface area contributed by atoms with E-state index in [0.717, 1.165) is 13.1 Å². The number of fused-ring (bicyclic) bond motifs is 3. The molecule has 1 heterocycles. The van der Waals surface area contributed by atoms with Gasteiger partial charge in [-0.3, -0.25) is 0 Å². The van der Waals surface area contributed by atoms with E-state index in [1.165, 1.54) is 42.3 Å². The largest absolute Gasteiger partial charge is 0.465 e. The number of rotatable bonds is 3. The summed E-state index contributed by atoms with van der Waals surface area (Å²) in [6.07, 6.45) is 1.23. The van der Waals surface area contributed by atoms with Crippen LogP contribution in [-0.4, -0.2) is 37.6 Å². The second-order valence-electron chi connectivity index (χ2n) is 7.68. The van der Waals surface area contributed by atoms with Crippen molar-refractivity contribution in [2.24, 2.45) is 5.92 Å². The van der Waals surface area contributed by atoms with Crippen molar-refractivity contribution in [1.82, 2.24) is 4.90 Å². The van der Waals surface area contributed by atoms with Gasteiger partial charge in [0.05, 0.1) is 12.7 Å². The smallest absolute Gasteiger partial charge is 0.337 e. The summed E-state index contributed by atoms with van der Waals surface area (Å²) in [5, 5.41) is 0. The first-order chi connectivity index (χ1) is 12.6. The maximum atomic E-state index is 11.8. The molecule has 0 spiro atoms. The van der Waals surface area contributed by atoms with Gasteiger partial charge in [0.2, 0.25) is 0 Å². The number of benzene rings is 2. The van der Waals surface area contributed by atoms with Crippen molar-refractivity contribution < 1.29 is 9.53 Å². The molecule has 0 radical (unpaired) electrons. The number of aryl methyl sites for hydroxylation is 1. The summed E-state index contributed by atoms with van der Waals surface area (Å²) in [6.45, 7) is 7.91. The van der Waals surface area contributed by atoms with E-state index in [0.29, 0.717) is 23.3 Å². The first-order valence-electron chi connectivity index (χ1n) is 9.63. The van der Waals surface area contributed by atoms with Crippen molar-refractivity contribution in [2.45, 2.75) is 32.1 Å². The third-order valence-electron chi connectivity index (χ3n) is 6.29. The highest BCUT2D eigenvalue weighted by Crippen LogP contribution is 2.53. The Balaban J connectivity index is 1.73. The molecule has 1 saturated heterocycles. The Hall–Kier alpha value is -2.13. The standard InChI is InChI=1S/C23H27NO2/c1-4-24-12-11-19-21(14-24)18-10-5-15(2)13-20(18)22(19)16-6-8-17(9-7-16)23(25)26-3/h5-10,13,19,21-22H,4,11-12,14H2,1-3H3/t19-,21-,22+/m1/s1. The van der Waals surface area contributed by atoms with Gasteiger partial charge in [-0.1, -0.05) is 42.8 Å². The van der Waals surface area contributed by atoms with Gasteiger partial charge in [-0.2, -0.15) is 0 Å². The van der Waals surface area contributed by atoms with Crippen LogP contribution in [0.3, 0.4) is 0 Å². The topological polar surface area (TPSA) is 29.5 Å². The Morgan fingerprint density at radius 3 is 2.62 bits per heavy atom. The van der Waals surface area contributed by atoms with Crippen LogP contribution in [0.25, 0.3) is 0 Å². The number of carbonyl (C=O) groups is 1. The lowest BCUT2D eigenvalue weighted by Gasteiger charge is -2.37. The predicted octanol–water partition coefficient (Wildman–Crippen LogP) is 4.35. The number of likely N-dealkylation sites (tertiary alicyclic amines) is 1. The number of hydrogen-bond donors (Lipinski definition) is 0. The maximum Gasteiger partial charge on any atom is 0.337 e. The van der Waals surface area contributed by atoms with Gasteiger partial charge >= 0.3 is 5.97 Å². The van der Waals surface area contributed by atoms with Gasteiger partial charge in [-0.05, 0) is 61.2 Å². The Morgan fingerprint density at radius 2 is 1.92 bits per heavy atom. The molecule has 2 aromatic carbocycles. The van der Waals surface area contributed by atoms with Gasteiger partial charge < -0.3 is 9.64 Å². The minimum atomic E-state index is -0.270. The summed E-state index contributed by atoms with van der Waals surface area (Å²) in [4.78, 5) is 14.3. The SMILES string of the molecule is CCN1CC[C@H]2[C@H](c3ccc(C(=O)OC)cc3)c3cc(C)ccc3[C@H]2C1. The number of ether oxygens (including phenoxy) is 1. The molecular formula is C23H27NO2. The summed E-state index contributed by atoms with van der Waals surface area (Å²) in [6, 6.07) is 15.0. The highest BCUT2D eigenvalue weighted by Gasteiger charge is 2.43. The molecule has 1 aliphatic heterocycles. The molecule has 0 aromatic heterocycles. The second kappa shape index (κ2) is 6.88. The Labute approximate surface area is 156 Å². The summed E-state index contributed by atoms with van der Waals surface area (Å²) < 4.78 is 4.84. The minimum absolute atomic E-state index is 0.270. The molecule has 3 atom stereocenters. The monoisotopic (exact) mass is 349 g/mol. The van der Waals surface area contributed by atoms with Crippen LogP contribution in [-0.2, 0) is 4.74 Å². The zero-order chi connectivity index (χ0) is 18.3. The van der Waals surface area contributed by atoms with Gasteiger partial charge in [-0.25, -0.2) is 4.79 Å². The molecule has 0 unspecified atom stereocenters. The number of nitrogens with zero attached hydrogens (tertiary/aromatic N) is 1. The molecule has 0 amide bonds. The summed E-state index contributed by atoms with van der Waals surface area (Å²) in [5.41, 5.74) is 6.29. The molecule has 2 aliphatic rings. The van der Waals surface area contributed by atoms with E-state index in [1.54, 1.807) is 0 Å². The van der Waals surface area contributed by atoms with Crippen LogP contribution in [0, 0.1) is 12.8 Å². The molecule has 2 aromatic rings. The average molecular weight is 349 g/mol. The number of piperidine rings is 1. The molecule has 3 heteroatoms. The first kappa shape index (κ1) is 17.3. The van der Waals surface area contributed by atoms with Gasteiger partial charge in [0.1, 0.15) is 0 Å². The molecule has 4 rings (SSSR count). The third-order valence-corrected chi connectivity index (χ3v) is 6.29. The number of esters is 1. The quantitative estimate of drug-likeness (QED) is 0.772. The number of carbonyl (C=O) groups excluding carboxylic acids is 1. The fraction of sp³-hybridized carbons (Fsp3) is 0.435. The lowest BCUT2D eigenvalue weighted by Crippen LogP contribution is -2.38. The Morgan fingerprint density at radius 1 is 1.15 bits per heavy atom. The average Bonchev–Trinajstić information content (AvgIpc) is 2.99. The van der Waals surface area contributed by atoms with Crippen LogP contribution in [0.2, 0.25) is 0 Å². The lowest BCUT2D eigenvalue weighted by molar-refractivity contribution is 0.0600. The van der Waals surface area contributed by atoms with Gasteiger partial charge in [0.15, 0.2) is 0 Å². The van der Waals surface area contributed by atoms with Gasteiger partial charge in [0.25, 0.3) is 0 Å². The van der Waals surface area contributed by atoms with Crippen LogP contribution in [0.5, 0.6) is 0 Å². The summed E-state index contributed by atoms with van der Waals surface area (Å²) in [7, 11) is 1.43. The van der Waals surface area contributed by atoms with E-state index < -0.39 is 0 Å². The van der Waals surface area contributed by atoms with Crippen LogP contribution >= 0.6 is 0 Å². The lowest BCUT2D eigenvalue weighted by atomic mass is 9.78. The van der Waals surface area contributed by atoms with E-state index in [1.807, 2.05) is 12.1 Å². The molecule has 0 N–H and O–H groups in total. The maximum absolute atomic E-state index is 11.8. The normalized spacial score (nSPS) is 24.8. The second-order valence-corrected chi connectivity index (χ2v) is 7.68. The molecular weight excluding hydrogens is 322 g/mol. The highest BCUT2D eigenvalue weighted by atomic mass is 16.5. The first-order valence-corrected chi connectivity index (χ1v) is 9.63. The van der Waals surface area contributed by atoms with E-state index in [2.05, 4.69) is 49.1 Å². The van der Waals surface area contributed by atoms with Gasteiger partial charge in [-0.15, -0.1) is 0 Å². The summed E-state index contributed by atoms with van der Waals surface area (Å²) in [5.74, 6) is 1.43. The molecule has 1 fully saturated rings. The predicted molar refractivity (Wildman–Crippen MR) is 104 cm³/mol. The number of methoxy groups -OCH3 is 1. The van der Waals surface area contributed by atoms with Crippen molar-refractivity contribution in [1.29, 1.82) is 0 Å². The molecule has 26 heavy (non-hydrogen) atoms. The van der Waals surface area contributed by atoms with Crippen molar-refractivity contribution in [3.63, 3.8) is 0 Å². The van der Waals surface area contributed by atoms with Crippen LogP contribution in [0.1, 0.15) is 57.8 Å². The zero-order valence-electron chi connectivity index (χ0n) is 15.9. The van der Waals surface area contributed by atoms with Crippen molar-refractivity contribution in [2.75, 3.05) is 26.7 Å². The third kappa shape index (κ3) is 2.84. The minimum Gasteiger partial charge on any atom is -0.465 e. The molecule has 136 valence electrons. The van der Waals surface area contributed by atoms with E-state index in [4.69, 9.17) is 4.74 Å². The van der Waals surface area contributed by atoms with Crippen molar-refractivity contribution >= 4 is 5.97 Å². The van der Waals surface area contributed by atoms with E-state index >= 15 is 0 Å². The fourth-order valence-corrected chi connectivity index (χ4v) is 4.96. The fourth-order valence-electron chi connectivity index (χ4n) is 4.96. The molecule has 1 aliphatic carbocycles. The van der Waals surface area contributed by atoms with Crippen LogP contribution in [0.4, 0.5) is 0 Å². The van der Waals surface area contributed by atoms with E-state index in [-0.39, 0.29) is 5.97 Å². The van der Waals surface area contributed by atoms with Crippen molar-refractivity contribution in [3.05, 3.63) is 70.3 Å². The zero-order valence-corrected chi connectivity index (χ0v) is 15.9. The molecule has 3 nitrogen and oxygen atoms in total. The Bertz CT molecular complexity index is 811. The molecule has 0 saturated carbocycles. The van der Waals surface area contributed by atoms with Crippen LogP contribution in [0.15, 0.2) is 42.5 Å². The Kier molecular flexibility index (Phi) is 4.58. The molecule has 0 bridgehead atoms. The summed E-state index contributed by atoms with van der Waals surface area (Å²) >= 11 is 0. The van der Waals surface area contributed by atoms with Crippen molar-refractivity contribution in [3.8, 4) is 0 Å².